The Hall–Kier alpha value is -3.89. The number of methoxy groups -OCH3 is 1. The number of ether oxygens (including phenoxy) is 2. The van der Waals surface area contributed by atoms with E-state index >= 15 is 0 Å². The predicted octanol–water partition coefficient (Wildman–Crippen LogP) is 0.814. The number of rotatable bonds is 11. The van der Waals surface area contributed by atoms with Crippen LogP contribution in [0.25, 0.3) is 0 Å². The highest BCUT2D eigenvalue weighted by molar-refractivity contribution is 6.02. The number of nitrogen functional groups attached to an aromatic ring is 1. The van der Waals surface area contributed by atoms with Crippen LogP contribution in [0, 0.1) is 5.41 Å². The van der Waals surface area contributed by atoms with E-state index in [9.17, 15) is 14.4 Å². The molecule has 0 bridgehead atoms. The number of carbonyl (C=O) groups is 3. The number of esters is 1. The van der Waals surface area contributed by atoms with Gasteiger partial charge in [0, 0.05) is 18.5 Å². The Balaban J connectivity index is 1.80. The van der Waals surface area contributed by atoms with Gasteiger partial charge in [-0.25, -0.2) is 9.59 Å². The zero-order valence-corrected chi connectivity index (χ0v) is 17.8. The number of nitrogens with two attached hydrogens (primary N) is 1. The fraction of sp³-hybridized carbons (Fsp3) is 0.381. The van der Waals surface area contributed by atoms with E-state index in [-0.39, 0.29) is 31.3 Å². The molecule has 0 aliphatic carbocycles. The number of amidine groups is 1. The van der Waals surface area contributed by atoms with Crippen LogP contribution in [0.4, 0.5) is 4.79 Å². The van der Waals surface area contributed by atoms with E-state index in [0.29, 0.717) is 24.1 Å². The van der Waals surface area contributed by atoms with Gasteiger partial charge in [-0.1, -0.05) is 35.5 Å². The molecule has 2 rings (SSSR count). The summed E-state index contributed by atoms with van der Waals surface area (Å²) in [6.07, 6.45) is 1.22. The molecule has 1 aliphatic heterocycles. The molecule has 2 atom stereocenters. The molecule has 0 aromatic heterocycles. The number of hydrogen-bond acceptors (Lipinski definition) is 8. The SMILES string of the molecule is C=CCCOC(=O)N[C@@H](CNC(=O)C[C@H]1CC(c2ccc(C(=N)N)cc2)=NO1)C(=O)OC. The smallest absolute Gasteiger partial charge is 0.407 e. The van der Waals surface area contributed by atoms with Gasteiger partial charge in [-0.3, -0.25) is 10.2 Å². The fourth-order valence-corrected chi connectivity index (χ4v) is 2.80. The van der Waals surface area contributed by atoms with Crippen LogP contribution in [0.2, 0.25) is 0 Å². The number of hydrogen-bond donors (Lipinski definition) is 4. The van der Waals surface area contributed by atoms with E-state index in [1.54, 1.807) is 30.3 Å². The third-order valence-corrected chi connectivity index (χ3v) is 4.51. The summed E-state index contributed by atoms with van der Waals surface area (Å²) in [7, 11) is 1.18. The molecule has 32 heavy (non-hydrogen) atoms. The lowest BCUT2D eigenvalue weighted by Crippen LogP contribution is -2.49. The second-order valence-electron chi connectivity index (χ2n) is 6.90. The number of alkyl carbamates (subject to hydrolysis) is 1. The van der Waals surface area contributed by atoms with Crippen molar-refractivity contribution in [3.8, 4) is 0 Å². The summed E-state index contributed by atoms with van der Waals surface area (Å²) in [4.78, 5) is 41.3. The van der Waals surface area contributed by atoms with Crippen molar-refractivity contribution in [3.63, 3.8) is 0 Å². The summed E-state index contributed by atoms with van der Waals surface area (Å²) in [6, 6.07) is 5.88. The van der Waals surface area contributed by atoms with Gasteiger partial charge >= 0.3 is 12.1 Å². The van der Waals surface area contributed by atoms with Crippen LogP contribution < -0.4 is 16.4 Å². The Labute approximate surface area is 185 Å². The van der Waals surface area contributed by atoms with Crippen molar-refractivity contribution in [1.82, 2.24) is 10.6 Å². The van der Waals surface area contributed by atoms with Crippen LogP contribution in [0.5, 0.6) is 0 Å². The zero-order valence-electron chi connectivity index (χ0n) is 17.8. The maximum atomic E-state index is 12.3. The van der Waals surface area contributed by atoms with Gasteiger partial charge < -0.3 is 30.7 Å². The van der Waals surface area contributed by atoms with Gasteiger partial charge in [0.25, 0.3) is 0 Å². The Morgan fingerprint density at radius 1 is 1.38 bits per heavy atom. The lowest BCUT2D eigenvalue weighted by atomic mass is 10.0. The topological polar surface area (TPSA) is 165 Å². The lowest BCUT2D eigenvalue weighted by molar-refractivity contribution is -0.143. The van der Waals surface area contributed by atoms with Crippen molar-refractivity contribution in [2.75, 3.05) is 20.3 Å². The maximum absolute atomic E-state index is 12.3. The van der Waals surface area contributed by atoms with E-state index in [1.165, 1.54) is 7.11 Å². The largest absolute Gasteiger partial charge is 0.467 e. The van der Waals surface area contributed by atoms with E-state index in [1.807, 2.05) is 0 Å². The molecule has 0 unspecified atom stereocenters. The monoisotopic (exact) mass is 445 g/mol. The molecular weight excluding hydrogens is 418 g/mol. The van der Waals surface area contributed by atoms with Gasteiger partial charge in [-0.2, -0.15) is 0 Å². The molecule has 1 aromatic carbocycles. The molecule has 2 amide bonds. The molecule has 11 heteroatoms. The summed E-state index contributed by atoms with van der Waals surface area (Å²) in [6.45, 7) is 3.47. The Kier molecular flexibility index (Phi) is 9.21. The van der Waals surface area contributed by atoms with Crippen LogP contribution >= 0.6 is 0 Å². The minimum atomic E-state index is -1.10. The molecule has 1 aromatic rings. The average molecular weight is 445 g/mol. The van der Waals surface area contributed by atoms with Gasteiger partial charge in [-0.05, 0) is 12.0 Å². The predicted molar refractivity (Wildman–Crippen MR) is 116 cm³/mol. The third kappa shape index (κ3) is 7.42. The van der Waals surface area contributed by atoms with Crippen molar-refractivity contribution in [2.45, 2.75) is 31.4 Å². The summed E-state index contributed by atoms with van der Waals surface area (Å²) >= 11 is 0. The number of nitrogens with zero attached hydrogens (tertiary/aromatic N) is 1. The van der Waals surface area contributed by atoms with Crippen molar-refractivity contribution in [3.05, 3.63) is 48.0 Å². The summed E-state index contributed by atoms with van der Waals surface area (Å²) < 4.78 is 9.55. The van der Waals surface area contributed by atoms with Crippen LogP contribution in [0.3, 0.4) is 0 Å². The molecule has 1 heterocycles. The average Bonchev–Trinajstić information content (AvgIpc) is 3.24. The van der Waals surface area contributed by atoms with Crippen LogP contribution in [-0.4, -0.2) is 61.9 Å². The molecule has 0 radical (unpaired) electrons. The minimum Gasteiger partial charge on any atom is -0.467 e. The van der Waals surface area contributed by atoms with Crippen molar-refractivity contribution < 1.29 is 28.7 Å². The maximum Gasteiger partial charge on any atom is 0.407 e. The number of nitrogens with one attached hydrogen (secondary N) is 3. The highest BCUT2D eigenvalue weighted by atomic mass is 16.6. The second kappa shape index (κ2) is 12.1. The molecule has 5 N–H and O–H groups in total. The summed E-state index contributed by atoms with van der Waals surface area (Å²) in [5, 5.41) is 16.4. The Bertz CT molecular complexity index is 883. The van der Waals surface area contributed by atoms with Gasteiger partial charge in [0.1, 0.15) is 18.0 Å². The number of benzene rings is 1. The quantitative estimate of drug-likeness (QED) is 0.129. The van der Waals surface area contributed by atoms with Gasteiger partial charge in [0.05, 0.1) is 25.8 Å². The van der Waals surface area contributed by atoms with Crippen LogP contribution in [0.15, 0.2) is 42.1 Å². The summed E-state index contributed by atoms with van der Waals surface area (Å²) in [5.74, 6) is -1.13. The molecule has 0 fully saturated rings. The first-order chi connectivity index (χ1) is 15.3. The first-order valence-electron chi connectivity index (χ1n) is 9.90. The van der Waals surface area contributed by atoms with E-state index in [4.69, 9.17) is 20.7 Å². The Morgan fingerprint density at radius 3 is 2.72 bits per heavy atom. The zero-order chi connectivity index (χ0) is 23.5. The molecule has 11 nitrogen and oxygen atoms in total. The molecule has 172 valence electrons. The van der Waals surface area contributed by atoms with E-state index in [2.05, 4.69) is 27.1 Å². The molecule has 0 saturated carbocycles. The van der Waals surface area contributed by atoms with E-state index in [0.717, 1.165) is 5.56 Å². The highest BCUT2D eigenvalue weighted by Gasteiger charge is 2.27. The number of oxime groups is 1. The van der Waals surface area contributed by atoms with Gasteiger partial charge in [-0.15, -0.1) is 6.58 Å². The van der Waals surface area contributed by atoms with Gasteiger partial charge in [0.2, 0.25) is 5.91 Å². The second-order valence-corrected chi connectivity index (χ2v) is 6.90. The highest BCUT2D eigenvalue weighted by Crippen LogP contribution is 2.19. The fourth-order valence-electron chi connectivity index (χ4n) is 2.80. The van der Waals surface area contributed by atoms with Gasteiger partial charge in [0.15, 0.2) is 0 Å². The number of amides is 2. The van der Waals surface area contributed by atoms with Crippen molar-refractivity contribution >= 4 is 29.5 Å². The van der Waals surface area contributed by atoms with Crippen molar-refractivity contribution in [2.24, 2.45) is 10.9 Å². The minimum absolute atomic E-state index is 0.0101. The lowest BCUT2D eigenvalue weighted by Gasteiger charge is -2.17. The van der Waals surface area contributed by atoms with Crippen LogP contribution in [-0.2, 0) is 23.9 Å². The third-order valence-electron chi connectivity index (χ3n) is 4.51. The summed E-state index contributed by atoms with van der Waals surface area (Å²) in [5.41, 5.74) is 7.53. The normalized spacial score (nSPS) is 15.5. The molecule has 0 spiro atoms. The Morgan fingerprint density at radius 2 is 2.09 bits per heavy atom. The van der Waals surface area contributed by atoms with E-state index < -0.39 is 24.2 Å². The van der Waals surface area contributed by atoms with Crippen LogP contribution in [0.1, 0.15) is 30.4 Å². The molecular formula is C21H27N5O6. The first kappa shape index (κ1) is 24.4. The standard InChI is InChI=1S/C21H27N5O6/c1-3-4-9-31-21(29)25-17(20(28)30-2)12-24-18(27)11-15-10-16(26-32-15)13-5-7-14(8-6-13)19(22)23/h3,5-8,15,17H,1,4,9-12H2,2H3,(H3,22,23)(H,24,27)(H,25,29)/t15-,17+/m1/s1. The first-order valence-corrected chi connectivity index (χ1v) is 9.90. The molecule has 0 saturated heterocycles. The number of carbonyl (C=O) groups excluding carboxylic acids is 3. The van der Waals surface area contributed by atoms with Crippen molar-refractivity contribution in [1.29, 1.82) is 5.41 Å². The molecule has 1 aliphatic rings.